The van der Waals surface area contributed by atoms with Crippen molar-refractivity contribution in [2.24, 2.45) is 5.92 Å². The third kappa shape index (κ3) is 4.31. The van der Waals surface area contributed by atoms with Crippen molar-refractivity contribution in [3.8, 4) is 0 Å². The molecule has 0 radical (unpaired) electrons. The van der Waals surface area contributed by atoms with E-state index < -0.39 is 5.97 Å². The molecule has 1 saturated carbocycles. The topological polar surface area (TPSA) is 49.3 Å². The Balaban J connectivity index is 1.85. The maximum atomic E-state index is 11.0. The summed E-state index contributed by atoms with van der Waals surface area (Å²) in [5.41, 5.74) is 2.73. The largest absolute Gasteiger partial charge is 0.481 e. The third-order valence-corrected chi connectivity index (χ3v) is 4.74. The molecule has 0 heterocycles. The standard InChI is InChI=1S/C18H27NO2/c1-13-4-8-15(9-5-13)18(2,3)12-19-16-10-6-14(7-11-16)17(20)21/h4-5,8-9,14,16,19H,6-7,10-12H2,1-3H3,(H,20,21). The van der Waals surface area contributed by atoms with Gasteiger partial charge in [-0.3, -0.25) is 4.79 Å². The number of carboxylic acids is 1. The molecule has 0 aromatic heterocycles. The van der Waals surface area contributed by atoms with E-state index in [2.05, 4.69) is 50.4 Å². The van der Waals surface area contributed by atoms with Crippen LogP contribution in [0.4, 0.5) is 0 Å². The van der Waals surface area contributed by atoms with E-state index in [1.165, 1.54) is 11.1 Å². The minimum atomic E-state index is -0.631. The average molecular weight is 289 g/mol. The Bertz CT molecular complexity index is 470. The van der Waals surface area contributed by atoms with Crippen LogP contribution in [0.2, 0.25) is 0 Å². The molecule has 21 heavy (non-hydrogen) atoms. The summed E-state index contributed by atoms with van der Waals surface area (Å²) in [6, 6.07) is 9.20. The van der Waals surface area contributed by atoms with Gasteiger partial charge in [-0.25, -0.2) is 0 Å². The highest BCUT2D eigenvalue weighted by molar-refractivity contribution is 5.70. The fourth-order valence-electron chi connectivity index (χ4n) is 3.05. The van der Waals surface area contributed by atoms with E-state index in [9.17, 15) is 4.79 Å². The van der Waals surface area contributed by atoms with Gasteiger partial charge in [-0.05, 0) is 38.2 Å². The SMILES string of the molecule is Cc1ccc(C(C)(C)CNC2CCC(C(=O)O)CC2)cc1. The van der Waals surface area contributed by atoms with Crippen molar-refractivity contribution < 1.29 is 9.90 Å². The van der Waals surface area contributed by atoms with E-state index in [4.69, 9.17) is 5.11 Å². The molecule has 1 aromatic rings. The van der Waals surface area contributed by atoms with Crippen LogP contribution in [0.25, 0.3) is 0 Å². The molecule has 1 fully saturated rings. The number of hydrogen-bond acceptors (Lipinski definition) is 2. The van der Waals surface area contributed by atoms with E-state index in [0.29, 0.717) is 6.04 Å². The first-order valence-electron chi connectivity index (χ1n) is 7.92. The summed E-state index contributed by atoms with van der Waals surface area (Å²) >= 11 is 0. The molecular formula is C18H27NO2. The van der Waals surface area contributed by atoms with Gasteiger partial charge in [0.1, 0.15) is 0 Å². The monoisotopic (exact) mass is 289 g/mol. The molecule has 1 aromatic carbocycles. The quantitative estimate of drug-likeness (QED) is 0.872. The van der Waals surface area contributed by atoms with Gasteiger partial charge in [-0.2, -0.15) is 0 Å². The van der Waals surface area contributed by atoms with Gasteiger partial charge >= 0.3 is 5.97 Å². The molecule has 0 unspecified atom stereocenters. The highest BCUT2D eigenvalue weighted by Gasteiger charge is 2.27. The molecule has 0 amide bonds. The lowest BCUT2D eigenvalue weighted by Gasteiger charge is -2.32. The molecule has 0 aliphatic heterocycles. The van der Waals surface area contributed by atoms with Gasteiger partial charge in [0.15, 0.2) is 0 Å². The van der Waals surface area contributed by atoms with Gasteiger partial charge in [0.25, 0.3) is 0 Å². The Labute approximate surface area is 127 Å². The molecule has 116 valence electrons. The summed E-state index contributed by atoms with van der Waals surface area (Å²) in [5.74, 6) is -0.762. The molecule has 2 rings (SSSR count). The first kappa shape index (κ1) is 16.0. The van der Waals surface area contributed by atoms with Crippen LogP contribution < -0.4 is 5.32 Å². The minimum Gasteiger partial charge on any atom is -0.481 e. The zero-order chi connectivity index (χ0) is 15.5. The molecule has 3 heteroatoms. The first-order valence-corrected chi connectivity index (χ1v) is 7.92. The zero-order valence-electron chi connectivity index (χ0n) is 13.4. The molecule has 3 nitrogen and oxygen atoms in total. The van der Waals surface area contributed by atoms with Crippen molar-refractivity contribution in [1.82, 2.24) is 5.32 Å². The normalized spacial score (nSPS) is 23.0. The lowest BCUT2D eigenvalue weighted by Crippen LogP contribution is -2.41. The molecule has 1 aliphatic rings. The number of carboxylic acid groups (broad SMARTS) is 1. The first-order chi connectivity index (χ1) is 9.88. The number of aliphatic carboxylic acids is 1. The number of benzene rings is 1. The molecule has 0 saturated heterocycles. The maximum Gasteiger partial charge on any atom is 0.306 e. The second kappa shape index (κ2) is 6.61. The summed E-state index contributed by atoms with van der Waals surface area (Å²) in [6.07, 6.45) is 3.55. The summed E-state index contributed by atoms with van der Waals surface area (Å²) in [6.45, 7) is 7.55. The van der Waals surface area contributed by atoms with Gasteiger partial charge < -0.3 is 10.4 Å². The molecule has 2 N–H and O–H groups in total. The summed E-state index contributed by atoms with van der Waals surface area (Å²) < 4.78 is 0. The van der Waals surface area contributed by atoms with Crippen molar-refractivity contribution in [3.05, 3.63) is 35.4 Å². The maximum absolute atomic E-state index is 11.0. The van der Waals surface area contributed by atoms with Crippen molar-refractivity contribution in [2.75, 3.05) is 6.54 Å². The lowest BCUT2D eigenvalue weighted by molar-refractivity contribution is -0.142. The van der Waals surface area contributed by atoms with Gasteiger partial charge in [-0.1, -0.05) is 43.7 Å². The van der Waals surface area contributed by atoms with Gasteiger partial charge in [0, 0.05) is 18.0 Å². The van der Waals surface area contributed by atoms with Crippen LogP contribution in [-0.2, 0) is 10.2 Å². The number of rotatable bonds is 5. The second-order valence-corrected chi connectivity index (χ2v) is 7.02. The Morgan fingerprint density at radius 3 is 2.29 bits per heavy atom. The Kier molecular flexibility index (Phi) is 5.04. The van der Waals surface area contributed by atoms with Crippen molar-refractivity contribution in [3.63, 3.8) is 0 Å². The van der Waals surface area contributed by atoms with Crippen molar-refractivity contribution in [1.29, 1.82) is 0 Å². The van der Waals surface area contributed by atoms with Crippen molar-refractivity contribution >= 4 is 5.97 Å². The minimum absolute atomic E-state index is 0.0946. The highest BCUT2D eigenvalue weighted by Crippen LogP contribution is 2.27. The van der Waals surface area contributed by atoms with E-state index >= 15 is 0 Å². The van der Waals surface area contributed by atoms with Crippen LogP contribution in [0.1, 0.15) is 50.7 Å². The predicted molar refractivity (Wildman–Crippen MR) is 85.6 cm³/mol. The number of hydrogen-bond donors (Lipinski definition) is 2. The van der Waals surface area contributed by atoms with E-state index in [1.807, 2.05) is 0 Å². The molecule has 0 bridgehead atoms. The third-order valence-electron chi connectivity index (χ3n) is 4.74. The average Bonchev–Trinajstić information content (AvgIpc) is 2.46. The smallest absolute Gasteiger partial charge is 0.306 e. The van der Waals surface area contributed by atoms with E-state index in [-0.39, 0.29) is 11.3 Å². The van der Waals surface area contributed by atoms with Crippen LogP contribution >= 0.6 is 0 Å². The van der Waals surface area contributed by atoms with Crippen LogP contribution in [0.15, 0.2) is 24.3 Å². The Hall–Kier alpha value is -1.35. The summed E-state index contributed by atoms with van der Waals surface area (Å²) in [5, 5.41) is 12.7. The van der Waals surface area contributed by atoms with Crippen LogP contribution in [0, 0.1) is 12.8 Å². The number of aryl methyl sites for hydroxylation is 1. The highest BCUT2D eigenvalue weighted by atomic mass is 16.4. The van der Waals surface area contributed by atoms with Gasteiger partial charge in [0.05, 0.1) is 5.92 Å². The predicted octanol–water partition coefficient (Wildman–Crippen LogP) is 3.51. The molecule has 0 atom stereocenters. The molecule has 0 spiro atoms. The van der Waals surface area contributed by atoms with Crippen LogP contribution in [0.3, 0.4) is 0 Å². The zero-order valence-corrected chi connectivity index (χ0v) is 13.4. The summed E-state index contributed by atoms with van der Waals surface area (Å²) in [7, 11) is 0. The van der Waals surface area contributed by atoms with Gasteiger partial charge in [0.2, 0.25) is 0 Å². The fourth-order valence-corrected chi connectivity index (χ4v) is 3.05. The van der Waals surface area contributed by atoms with E-state index in [0.717, 1.165) is 32.2 Å². The lowest BCUT2D eigenvalue weighted by atomic mass is 9.82. The Morgan fingerprint density at radius 1 is 1.19 bits per heavy atom. The fraction of sp³-hybridized carbons (Fsp3) is 0.611. The van der Waals surface area contributed by atoms with Crippen LogP contribution in [0.5, 0.6) is 0 Å². The van der Waals surface area contributed by atoms with Gasteiger partial charge in [-0.15, -0.1) is 0 Å². The number of nitrogens with one attached hydrogen (secondary N) is 1. The second-order valence-electron chi connectivity index (χ2n) is 7.02. The Morgan fingerprint density at radius 2 is 1.76 bits per heavy atom. The number of carbonyl (C=O) groups is 1. The molecular weight excluding hydrogens is 262 g/mol. The molecule has 1 aliphatic carbocycles. The van der Waals surface area contributed by atoms with E-state index in [1.54, 1.807) is 0 Å². The van der Waals surface area contributed by atoms with Crippen LogP contribution in [-0.4, -0.2) is 23.7 Å². The van der Waals surface area contributed by atoms with Crippen molar-refractivity contribution in [2.45, 2.75) is 57.9 Å². The summed E-state index contributed by atoms with van der Waals surface area (Å²) in [4.78, 5) is 11.0.